The van der Waals surface area contributed by atoms with E-state index < -0.39 is 0 Å². The fraction of sp³-hybridized carbons (Fsp3) is 0.636. The lowest BCUT2D eigenvalue weighted by Crippen LogP contribution is -2.12. The molecule has 2 saturated carbocycles. The van der Waals surface area contributed by atoms with Crippen molar-refractivity contribution in [2.45, 2.75) is 31.6 Å². The summed E-state index contributed by atoms with van der Waals surface area (Å²) in [5.41, 5.74) is 0. The zero-order chi connectivity index (χ0) is 11.3. The minimum Gasteiger partial charge on any atom is -0.220 e. The SMILES string of the molecule is Clc1nc(C2CC3CCC2C3)nc(Cl)c1I. The summed E-state index contributed by atoms with van der Waals surface area (Å²) in [4.78, 5) is 8.79. The van der Waals surface area contributed by atoms with E-state index in [1.54, 1.807) is 0 Å². The molecule has 2 aliphatic rings. The van der Waals surface area contributed by atoms with Gasteiger partial charge in [-0.1, -0.05) is 29.6 Å². The summed E-state index contributed by atoms with van der Waals surface area (Å²) >= 11 is 14.2. The molecule has 0 aromatic carbocycles. The Labute approximate surface area is 118 Å². The van der Waals surface area contributed by atoms with Gasteiger partial charge >= 0.3 is 0 Å². The molecule has 0 saturated heterocycles. The average molecular weight is 369 g/mol. The summed E-state index contributed by atoms with van der Waals surface area (Å²) in [5.74, 6) is 3.00. The fourth-order valence-electron chi connectivity index (χ4n) is 3.14. The molecule has 3 unspecified atom stereocenters. The number of hydrogen-bond donors (Lipinski definition) is 0. The van der Waals surface area contributed by atoms with Gasteiger partial charge in [-0.2, -0.15) is 0 Å². The molecular formula is C11H11Cl2IN2. The number of nitrogens with zero attached hydrogens (tertiary/aromatic N) is 2. The van der Waals surface area contributed by atoms with E-state index >= 15 is 0 Å². The zero-order valence-corrected chi connectivity index (χ0v) is 12.3. The van der Waals surface area contributed by atoms with Crippen LogP contribution in [0.15, 0.2) is 0 Å². The number of aromatic nitrogens is 2. The van der Waals surface area contributed by atoms with E-state index in [9.17, 15) is 0 Å². The minimum absolute atomic E-state index is 0.491. The van der Waals surface area contributed by atoms with Crippen LogP contribution >= 0.6 is 45.8 Å². The van der Waals surface area contributed by atoms with Crippen molar-refractivity contribution in [3.05, 3.63) is 19.7 Å². The molecule has 3 rings (SSSR count). The van der Waals surface area contributed by atoms with Crippen LogP contribution < -0.4 is 0 Å². The van der Waals surface area contributed by atoms with Crippen molar-refractivity contribution < 1.29 is 0 Å². The predicted molar refractivity (Wildman–Crippen MR) is 73.0 cm³/mol. The second-order valence-electron chi connectivity index (χ2n) is 4.76. The van der Waals surface area contributed by atoms with E-state index in [-0.39, 0.29) is 0 Å². The highest BCUT2D eigenvalue weighted by Crippen LogP contribution is 2.52. The second-order valence-corrected chi connectivity index (χ2v) is 6.55. The molecule has 2 aliphatic carbocycles. The Morgan fingerprint density at radius 3 is 2.25 bits per heavy atom. The van der Waals surface area contributed by atoms with Crippen LogP contribution in [-0.2, 0) is 0 Å². The van der Waals surface area contributed by atoms with Crippen LogP contribution in [0.2, 0.25) is 10.3 Å². The van der Waals surface area contributed by atoms with Crippen molar-refractivity contribution in [1.82, 2.24) is 9.97 Å². The van der Waals surface area contributed by atoms with Gasteiger partial charge in [-0.25, -0.2) is 9.97 Å². The van der Waals surface area contributed by atoms with Gasteiger partial charge in [0.25, 0.3) is 0 Å². The molecule has 2 fully saturated rings. The van der Waals surface area contributed by atoms with Gasteiger partial charge in [0, 0.05) is 5.92 Å². The standard InChI is InChI=1S/C11H11Cl2IN2/c12-9-8(14)10(13)16-11(15-9)7-4-5-1-2-6(7)3-5/h5-7H,1-4H2. The Bertz CT molecular complexity index is 415. The van der Waals surface area contributed by atoms with Gasteiger partial charge in [0.1, 0.15) is 16.1 Å². The molecule has 1 aromatic heterocycles. The third-order valence-electron chi connectivity index (χ3n) is 3.86. The molecule has 0 spiro atoms. The van der Waals surface area contributed by atoms with E-state index in [4.69, 9.17) is 23.2 Å². The zero-order valence-electron chi connectivity index (χ0n) is 8.59. The molecule has 0 N–H and O–H groups in total. The highest BCUT2D eigenvalue weighted by atomic mass is 127. The largest absolute Gasteiger partial charge is 0.220 e. The van der Waals surface area contributed by atoms with E-state index in [0.717, 1.165) is 21.2 Å². The maximum atomic E-state index is 6.06. The van der Waals surface area contributed by atoms with Crippen molar-refractivity contribution in [2.24, 2.45) is 11.8 Å². The van der Waals surface area contributed by atoms with Gasteiger partial charge in [-0.15, -0.1) is 0 Å². The number of rotatable bonds is 1. The quantitative estimate of drug-likeness (QED) is 0.545. The molecule has 2 nitrogen and oxygen atoms in total. The molecule has 0 radical (unpaired) electrons. The fourth-order valence-corrected chi connectivity index (χ4v) is 3.78. The predicted octanol–water partition coefficient (Wildman–Crippen LogP) is 4.29. The van der Waals surface area contributed by atoms with E-state index in [2.05, 4.69) is 32.6 Å². The van der Waals surface area contributed by atoms with Crippen LogP contribution in [0.5, 0.6) is 0 Å². The highest BCUT2D eigenvalue weighted by molar-refractivity contribution is 14.1. The molecular weight excluding hydrogens is 358 g/mol. The topological polar surface area (TPSA) is 25.8 Å². The third kappa shape index (κ3) is 1.85. The van der Waals surface area contributed by atoms with E-state index in [0.29, 0.717) is 16.2 Å². The highest BCUT2D eigenvalue weighted by Gasteiger charge is 2.41. The summed E-state index contributed by atoms with van der Waals surface area (Å²) in [6.45, 7) is 0. The van der Waals surface area contributed by atoms with Crippen molar-refractivity contribution >= 4 is 45.8 Å². The van der Waals surface area contributed by atoms with Gasteiger partial charge in [0.2, 0.25) is 0 Å². The number of halogens is 3. The second kappa shape index (κ2) is 4.25. The molecule has 1 heterocycles. The van der Waals surface area contributed by atoms with Gasteiger partial charge in [0.05, 0.1) is 3.57 Å². The van der Waals surface area contributed by atoms with Crippen LogP contribution in [0.3, 0.4) is 0 Å². The Balaban J connectivity index is 1.95. The summed E-state index contributed by atoms with van der Waals surface area (Å²) in [5, 5.41) is 0.997. The molecule has 0 amide bonds. The van der Waals surface area contributed by atoms with Gasteiger partial charge in [-0.3, -0.25) is 0 Å². The lowest BCUT2D eigenvalue weighted by molar-refractivity contribution is 0.405. The Hall–Kier alpha value is 0.390. The molecule has 3 atom stereocenters. The van der Waals surface area contributed by atoms with Gasteiger partial charge in [0.15, 0.2) is 0 Å². The lowest BCUT2D eigenvalue weighted by Gasteiger charge is -2.20. The van der Waals surface area contributed by atoms with Crippen LogP contribution in [0.1, 0.15) is 37.4 Å². The normalized spacial score (nSPS) is 32.3. The maximum Gasteiger partial charge on any atom is 0.147 e. The van der Waals surface area contributed by atoms with Gasteiger partial charge in [-0.05, 0) is 53.7 Å². The molecule has 0 aliphatic heterocycles. The smallest absolute Gasteiger partial charge is 0.147 e. The first-order chi connectivity index (χ1) is 7.65. The monoisotopic (exact) mass is 368 g/mol. The molecule has 16 heavy (non-hydrogen) atoms. The molecule has 2 bridgehead atoms. The lowest BCUT2D eigenvalue weighted by atomic mass is 9.88. The Morgan fingerprint density at radius 1 is 1.06 bits per heavy atom. The minimum atomic E-state index is 0.491. The first-order valence-electron chi connectivity index (χ1n) is 5.53. The van der Waals surface area contributed by atoms with E-state index in [1.807, 2.05) is 0 Å². The summed E-state index contributed by atoms with van der Waals surface area (Å²) in [6, 6.07) is 0. The van der Waals surface area contributed by atoms with Crippen molar-refractivity contribution in [3.8, 4) is 0 Å². The maximum absolute atomic E-state index is 6.06. The van der Waals surface area contributed by atoms with Crippen molar-refractivity contribution in [2.75, 3.05) is 0 Å². The van der Waals surface area contributed by atoms with Crippen molar-refractivity contribution in [3.63, 3.8) is 0 Å². The number of fused-ring (bicyclic) bond motifs is 2. The van der Waals surface area contributed by atoms with Crippen LogP contribution in [0.25, 0.3) is 0 Å². The first kappa shape index (κ1) is 11.5. The number of hydrogen-bond acceptors (Lipinski definition) is 2. The summed E-state index contributed by atoms with van der Waals surface area (Å²) in [6.07, 6.45) is 5.26. The van der Waals surface area contributed by atoms with Crippen LogP contribution in [0, 0.1) is 15.4 Å². The third-order valence-corrected chi connectivity index (χ3v) is 6.06. The van der Waals surface area contributed by atoms with Crippen LogP contribution in [-0.4, -0.2) is 9.97 Å². The molecule has 5 heteroatoms. The molecule has 1 aromatic rings. The van der Waals surface area contributed by atoms with E-state index in [1.165, 1.54) is 25.7 Å². The average Bonchev–Trinajstić information content (AvgIpc) is 2.86. The Morgan fingerprint density at radius 2 is 1.75 bits per heavy atom. The first-order valence-corrected chi connectivity index (χ1v) is 7.37. The summed E-state index contributed by atoms with van der Waals surface area (Å²) < 4.78 is 0.757. The Kier molecular flexibility index (Phi) is 3.05. The molecule has 86 valence electrons. The van der Waals surface area contributed by atoms with Gasteiger partial charge < -0.3 is 0 Å². The van der Waals surface area contributed by atoms with Crippen LogP contribution in [0.4, 0.5) is 0 Å². The van der Waals surface area contributed by atoms with Crippen molar-refractivity contribution in [1.29, 1.82) is 0 Å². The summed E-state index contributed by atoms with van der Waals surface area (Å²) in [7, 11) is 0.